The molecule has 0 heterocycles. The van der Waals surface area contributed by atoms with Crippen LogP contribution in [0.4, 0.5) is 5.69 Å². The Morgan fingerprint density at radius 3 is 2.22 bits per heavy atom. The van der Waals surface area contributed by atoms with Gasteiger partial charge in [0.25, 0.3) is 10.0 Å². The fourth-order valence-corrected chi connectivity index (χ4v) is 5.58. The normalized spacial score (nSPS) is 12.0. The minimum absolute atomic E-state index is 0.0220. The standard InChI is InChI=1S/C26H27Cl2N3O4S/c1-3-24(26(33)29-2)30(17-19-10-7-8-15-23(19)28)25(32)18-31(21-12-9-11-20(27)16-21)36(34,35)22-13-5-4-6-14-22/h4-16,24H,3,17-18H2,1-2H3,(H,29,33)/t24-/m1/s1. The highest BCUT2D eigenvalue weighted by atomic mass is 35.5. The van der Waals surface area contributed by atoms with Crippen LogP contribution in [0.15, 0.2) is 83.8 Å². The van der Waals surface area contributed by atoms with E-state index in [0.717, 1.165) is 4.31 Å². The summed E-state index contributed by atoms with van der Waals surface area (Å²) in [4.78, 5) is 27.9. The Bertz CT molecular complexity index is 1320. The van der Waals surface area contributed by atoms with Gasteiger partial charge in [0.2, 0.25) is 11.8 Å². The van der Waals surface area contributed by atoms with Crippen LogP contribution < -0.4 is 9.62 Å². The van der Waals surface area contributed by atoms with E-state index < -0.39 is 28.5 Å². The lowest BCUT2D eigenvalue weighted by molar-refractivity contribution is -0.140. The first kappa shape index (κ1) is 27.5. The van der Waals surface area contributed by atoms with Crippen molar-refractivity contribution in [2.75, 3.05) is 17.9 Å². The van der Waals surface area contributed by atoms with Crippen molar-refractivity contribution in [3.63, 3.8) is 0 Å². The summed E-state index contributed by atoms with van der Waals surface area (Å²) >= 11 is 12.5. The maximum absolute atomic E-state index is 13.8. The van der Waals surface area contributed by atoms with E-state index in [4.69, 9.17) is 23.2 Å². The molecule has 1 atom stereocenters. The highest BCUT2D eigenvalue weighted by Gasteiger charge is 2.33. The summed E-state index contributed by atoms with van der Waals surface area (Å²) in [6.45, 7) is 1.26. The van der Waals surface area contributed by atoms with Gasteiger partial charge in [0, 0.05) is 23.6 Å². The van der Waals surface area contributed by atoms with Crippen molar-refractivity contribution >= 4 is 50.7 Å². The molecule has 36 heavy (non-hydrogen) atoms. The number of nitrogens with one attached hydrogen (secondary N) is 1. The molecule has 0 saturated heterocycles. The first-order valence-corrected chi connectivity index (χ1v) is 13.5. The van der Waals surface area contributed by atoms with Crippen molar-refractivity contribution in [1.82, 2.24) is 10.2 Å². The van der Waals surface area contributed by atoms with Gasteiger partial charge in [-0.1, -0.05) is 72.6 Å². The van der Waals surface area contributed by atoms with Crippen molar-refractivity contribution in [3.8, 4) is 0 Å². The van der Waals surface area contributed by atoms with Crippen LogP contribution in [0.3, 0.4) is 0 Å². The molecule has 0 aromatic heterocycles. The highest BCUT2D eigenvalue weighted by molar-refractivity contribution is 7.92. The number of anilines is 1. The van der Waals surface area contributed by atoms with Crippen molar-refractivity contribution < 1.29 is 18.0 Å². The van der Waals surface area contributed by atoms with E-state index in [2.05, 4.69) is 5.32 Å². The fraction of sp³-hybridized carbons (Fsp3) is 0.231. The molecule has 0 fully saturated rings. The quantitative estimate of drug-likeness (QED) is 0.397. The Kier molecular flexibility index (Phi) is 9.37. The van der Waals surface area contributed by atoms with Gasteiger partial charge in [0.15, 0.2) is 0 Å². The van der Waals surface area contributed by atoms with Gasteiger partial charge in [-0.15, -0.1) is 0 Å². The second-order valence-electron chi connectivity index (χ2n) is 7.96. The lowest BCUT2D eigenvalue weighted by atomic mass is 10.1. The molecule has 10 heteroatoms. The number of hydrogen-bond acceptors (Lipinski definition) is 4. The third-order valence-corrected chi connectivity index (χ3v) is 8.03. The van der Waals surface area contributed by atoms with Gasteiger partial charge >= 0.3 is 0 Å². The summed E-state index contributed by atoms with van der Waals surface area (Å²) < 4.78 is 28.3. The van der Waals surface area contributed by atoms with Crippen LogP contribution in [0.1, 0.15) is 18.9 Å². The smallest absolute Gasteiger partial charge is 0.264 e. The van der Waals surface area contributed by atoms with Crippen molar-refractivity contribution in [1.29, 1.82) is 0 Å². The summed E-state index contributed by atoms with van der Waals surface area (Å²) in [7, 11) is -2.65. The van der Waals surface area contributed by atoms with Gasteiger partial charge in [0.05, 0.1) is 10.6 Å². The minimum Gasteiger partial charge on any atom is -0.357 e. The van der Waals surface area contributed by atoms with Gasteiger partial charge in [-0.05, 0) is 48.4 Å². The molecule has 0 bridgehead atoms. The molecule has 0 radical (unpaired) electrons. The van der Waals surface area contributed by atoms with E-state index in [9.17, 15) is 18.0 Å². The number of halogens is 2. The van der Waals surface area contributed by atoms with E-state index in [1.54, 1.807) is 67.6 Å². The lowest BCUT2D eigenvalue weighted by Gasteiger charge is -2.33. The van der Waals surface area contributed by atoms with Crippen LogP contribution in [-0.2, 0) is 26.2 Å². The maximum atomic E-state index is 13.8. The predicted molar refractivity (Wildman–Crippen MR) is 143 cm³/mol. The topological polar surface area (TPSA) is 86.8 Å². The van der Waals surface area contributed by atoms with Gasteiger partial charge in [0.1, 0.15) is 12.6 Å². The molecule has 0 aliphatic rings. The zero-order valence-corrected chi connectivity index (χ0v) is 22.2. The van der Waals surface area contributed by atoms with Crippen LogP contribution in [0, 0.1) is 0 Å². The summed E-state index contributed by atoms with van der Waals surface area (Å²) in [5, 5.41) is 3.34. The van der Waals surface area contributed by atoms with E-state index >= 15 is 0 Å². The van der Waals surface area contributed by atoms with Gasteiger partial charge in [-0.25, -0.2) is 8.42 Å². The maximum Gasteiger partial charge on any atom is 0.264 e. The number of sulfonamides is 1. The largest absolute Gasteiger partial charge is 0.357 e. The molecule has 0 unspecified atom stereocenters. The van der Waals surface area contributed by atoms with E-state index in [1.165, 1.54) is 30.1 Å². The second-order valence-corrected chi connectivity index (χ2v) is 10.7. The molecule has 0 aliphatic carbocycles. The first-order valence-electron chi connectivity index (χ1n) is 11.3. The SMILES string of the molecule is CC[C@H](C(=O)NC)N(Cc1ccccc1Cl)C(=O)CN(c1cccc(Cl)c1)S(=O)(=O)c1ccccc1. The second kappa shape index (κ2) is 12.3. The molecule has 0 saturated carbocycles. The number of carbonyl (C=O) groups is 2. The van der Waals surface area contributed by atoms with Gasteiger partial charge in [-0.2, -0.15) is 0 Å². The minimum atomic E-state index is -4.14. The molecule has 0 spiro atoms. The Hall–Kier alpha value is -3.07. The number of nitrogens with zero attached hydrogens (tertiary/aromatic N) is 2. The molecular formula is C26H27Cl2N3O4S. The van der Waals surface area contributed by atoms with Crippen LogP contribution in [0.5, 0.6) is 0 Å². The zero-order valence-electron chi connectivity index (χ0n) is 19.9. The third kappa shape index (κ3) is 6.37. The molecular weight excluding hydrogens is 521 g/mol. The number of likely N-dealkylation sites (N-methyl/N-ethyl adjacent to an activating group) is 1. The van der Waals surface area contributed by atoms with Crippen molar-refractivity contribution in [3.05, 3.63) is 94.5 Å². The van der Waals surface area contributed by atoms with E-state index in [-0.39, 0.29) is 23.0 Å². The summed E-state index contributed by atoms with van der Waals surface area (Å²) in [5.74, 6) is -0.928. The molecule has 3 aromatic carbocycles. The highest BCUT2D eigenvalue weighted by Crippen LogP contribution is 2.27. The number of rotatable bonds is 10. The van der Waals surface area contributed by atoms with Crippen molar-refractivity contribution in [2.45, 2.75) is 30.8 Å². The summed E-state index contributed by atoms with van der Waals surface area (Å²) in [5.41, 5.74) is 0.862. The first-order chi connectivity index (χ1) is 17.2. The molecule has 3 aromatic rings. The summed E-state index contributed by atoms with van der Waals surface area (Å²) in [6.07, 6.45) is 0.318. The van der Waals surface area contributed by atoms with Crippen molar-refractivity contribution in [2.24, 2.45) is 0 Å². The molecule has 0 aliphatic heterocycles. The predicted octanol–water partition coefficient (Wildman–Crippen LogP) is 4.74. The van der Waals surface area contributed by atoms with Gasteiger partial charge < -0.3 is 10.2 Å². The number of benzene rings is 3. The van der Waals surface area contributed by atoms with Crippen LogP contribution in [0.25, 0.3) is 0 Å². The Balaban J connectivity index is 2.06. The van der Waals surface area contributed by atoms with Gasteiger partial charge in [-0.3, -0.25) is 13.9 Å². The molecule has 2 amide bonds. The molecule has 3 rings (SSSR count). The Morgan fingerprint density at radius 2 is 1.61 bits per heavy atom. The summed E-state index contributed by atoms with van der Waals surface area (Å²) in [6, 6.07) is 20.2. The van der Waals surface area contributed by atoms with E-state index in [1.807, 2.05) is 0 Å². The van der Waals surface area contributed by atoms with E-state index in [0.29, 0.717) is 22.0 Å². The number of carbonyl (C=O) groups excluding carboxylic acids is 2. The molecule has 7 nitrogen and oxygen atoms in total. The third-order valence-electron chi connectivity index (χ3n) is 5.64. The number of hydrogen-bond donors (Lipinski definition) is 1. The fourth-order valence-electron chi connectivity index (χ4n) is 3.78. The Labute approximate surface area is 221 Å². The average Bonchev–Trinajstić information content (AvgIpc) is 2.88. The molecule has 190 valence electrons. The van der Waals surface area contributed by atoms with Crippen LogP contribution in [0.2, 0.25) is 10.0 Å². The molecule has 1 N–H and O–H groups in total. The zero-order chi connectivity index (χ0) is 26.3. The monoisotopic (exact) mass is 547 g/mol. The Morgan fingerprint density at radius 1 is 0.944 bits per heavy atom. The lowest BCUT2D eigenvalue weighted by Crippen LogP contribution is -2.51. The van der Waals surface area contributed by atoms with Crippen LogP contribution >= 0.6 is 23.2 Å². The average molecular weight is 548 g/mol. The van der Waals surface area contributed by atoms with Crippen LogP contribution in [-0.4, -0.2) is 44.8 Å². The number of amides is 2.